The normalized spacial score (nSPS) is 10.0. The molecule has 0 fully saturated rings. The van der Waals surface area contributed by atoms with Crippen LogP contribution in [-0.2, 0) is 19.2 Å². The molecule has 0 spiro atoms. The third-order valence-electron chi connectivity index (χ3n) is 5.50. The minimum absolute atomic E-state index is 0.146. The molecular weight excluding hydrogens is 880 g/mol. The van der Waals surface area contributed by atoms with E-state index >= 15 is 0 Å². The first kappa shape index (κ1) is 44.6. The summed E-state index contributed by atoms with van der Waals surface area (Å²) in [6.07, 6.45) is 7.50. The third kappa shape index (κ3) is 26.3. The van der Waals surface area contributed by atoms with Crippen molar-refractivity contribution in [2.24, 2.45) is 0 Å². The highest BCUT2D eigenvalue weighted by Crippen LogP contribution is 2.29. The second kappa shape index (κ2) is 28.6. The Labute approximate surface area is 308 Å². The maximum absolute atomic E-state index is 12.0. The van der Waals surface area contributed by atoms with Gasteiger partial charge in [-0.2, -0.15) is 0 Å². The average molecular weight is 922 g/mol. The summed E-state index contributed by atoms with van der Waals surface area (Å²) in [5.41, 5.74) is 0. The highest BCUT2D eigenvalue weighted by atomic mass is 79.9. The van der Waals surface area contributed by atoms with E-state index in [-0.39, 0.29) is 53.8 Å². The first-order valence-electron chi connectivity index (χ1n) is 14.9. The molecule has 47 heavy (non-hydrogen) atoms. The quantitative estimate of drug-likeness (QED) is 0.0460. The number of carboxylic acids is 1. The first-order valence-corrected chi connectivity index (χ1v) is 19.4. The minimum Gasteiger partial charge on any atom is -0.508 e. The van der Waals surface area contributed by atoms with Gasteiger partial charge < -0.3 is 34.6 Å². The summed E-state index contributed by atoms with van der Waals surface area (Å²) < 4.78 is 16.1. The number of unbranched alkanes of at least 4 members (excludes halogenated alkanes) is 4. The number of halogens is 4. The van der Waals surface area contributed by atoms with Crippen LogP contribution >= 0.6 is 63.7 Å². The molecule has 2 aromatic carbocycles. The summed E-state index contributed by atoms with van der Waals surface area (Å²) in [5.74, 6) is -1.81. The number of hydrogen-bond donors (Lipinski definition) is 4. The van der Waals surface area contributed by atoms with Crippen LogP contribution in [0, 0.1) is 0 Å². The first-order chi connectivity index (χ1) is 22.4. The molecule has 0 radical (unpaired) electrons. The summed E-state index contributed by atoms with van der Waals surface area (Å²) in [6.45, 7) is 0. The average Bonchev–Trinajstić information content (AvgIpc) is 2.97. The summed E-state index contributed by atoms with van der Waals surface area (Å²) in [7, 11) is 0. The zero-order valence-corrected chi connectivity index (χ0v) is 32.3. The van der Waals surface area contributed by atoms with Crippen LogP contribution in [0.15, 0.2) is 36.4 Å². The van der Waals surface area contributed by atoms with Gasteiger partial charge in [0.05, 0.1) is 0 Å². The molecule has 0 aromatic heterocycles. The topological polar surface area (TPSA) is 177 Å². The number of carbonyl (C=O) groups is 4. The molecule has 0 bridgehead atoms. The molecule has 11 nitrogen and oxygen atoms in total. The lowest BCUT2D eigenvalue weighted by Crippen LogP contribution is -2.11. The van der Waals surface area contributed by atoms with Crippen molar-refractivity contribution >= 4 is 87.6 Å². The third-order valence-corrected chi connectivity index (χ3v) is 7.75. The second-order valence-electron chi connectivity index (χ2n) is 9.75. The van der Waals surface area contributed by atoms with Crippen LogP contribution < -0.4 is 14.2 Å². The molecule has 0 saturated carbocycles. The Balaban J connectivity index is 0.00000100. The number of alkyl halides is 4. The Hall–Kier alpha value is -2.36. The molecule has 0 aliphatic carbocycles. The smallest absolute Gasteiger partial charge is 0.311 e. The molecule has 2 rings (SSSR count). The van der Waals surface area contributed by atoms with Crippen molar-refractivity contribution in [3.05, 3.63) is 36.4 Å². The van der Waals surface area contributed by atoms with E-state index in [4.69, 9.17) is 34.6 Å². The van der Waals surface area contributed by atoms with E-state index < -0.39 is 23.9 Å². The summed E-state index contributed by atoms with van der Waals surface area (Å²) in [6, 6.07) is 7.77. The molecule has 0 unspecified atom stereocenters. The van der Waals surface area contributed by atoms with E-state index in [1.807, 2.05) is 0 Å². The molecule has 264 valence electrons. The second-order valence-corrected chi connectivity index (χ2v) is 12.9. The van der Waals surface area contributed by atoms with Crippen molar-refractivity contribution in [1.29, 1.82) is 0 Å². The summed E-state index contributed by atoms with van der Waals surface area (Å²) in [4.78, 5) is 46.0. The van der Waals surface area contributed by atoms with Crippen LogP contribution in [0.25, 0.3) is 0 Å². The van der Waals surface area contributed by atoms with Crippen molar-refractivity contribution in [1.82, 2.24) is 0 Å². The number of phenolic OH excluding ortho intramolecular Hbond substituents is 3. The lowest BCUT2D eigenvalue weighted by molar-refractivity contribution is -0.137. The molecule has 0 heterocycles. The van der Waals surface area contributed by atoms with Gasteiger partial charge in [0.25, 0.3) is 0 Å². The van der Waals surface area contributed by atoms with Gasteiger partial charge in [-0.1, -0.05) is 63.7 Å². The Kier molecular flexibility index (Phi) is 27.2. The molecule has 0 aliphatic heterocycles. The predicted molar refractivity (Wildman–Crippen MR) is 193 cm³/mol. The van der Waals surface area contributed by atoms with Crippen LogP contribution in [0.5, 0.6) is 34.5 Å². The van der Waals surface area contributed by atoms with E-state index in [0.717, 1.165) is 71.6 Å². The maximum Gasteiger partial charge on any atom is 0.311 e. The van der Waals surface area contributed by atoms with E-state index in [9.17, 15) is 19.2 Å². The fourth-order valence-electron chi connectivity index (χ4n) is 3.31. The van der Waals surface area contributed by atoms with Gasteiger partial charge in [-0.25, -0.2) is 0 Å². The monoisotopic (exact) mass is 918 g/mol. The summed E-state index contributed by atoms with van der Waals surface area (Å²) in [5, 5.41) is 37.5. The van der Waals surface area contributed by atoms with Crippen molar-refractivity contribution in [3.63, 3.8) is 0 Å². The van der Waals surface area contributed by atoms with Gasteiger partial charge in [-0.3, -0.25) is 19.2 Å². The zero-order valence-electron chi connectivity index (χ0n) is 25.9. The lowest BCUT2D eigenvalue weighted by atomic mass is 10.2. The van der Waals surface area contributed by atoms with E-state index in [1.165, 1.54) is 18.2 Å². The van der Waals surface area contributed by atoms with Gasteiger partial charge in [0, 0.05) is 83.4 Å². The van der Waals surface area contributed by atoms with Crippen LogP contribution in [0.1, 0.15) is 77.0 Å². The number of aromatic hydroxyl groups is 3. The Bertz CT molecular complexity index is 1060. The highest BCUT2D eigenvalue weighted by Gasteiger charge is 2.14. The maximum atomic E-state index is 12.0. The highest BCUT2D eigenvalue weighted by molar-refractivity contribution is 9.09. The van der Waals surface area contributed by atoms with Gasteiger partial charge in [-0.05, 0) is 51.4 Å². The number of carboxylic acid groups (broad SMARTS) is 1. The molecule has 4 N–H and O–H groups in total. The molecule has 0 aliphatic rings. The number of rotatable bonds is 19. The SMILES string of the molecule is O=C(CCCCBr)Oc1cc(OC(=O)CCCCBr)cc(OC(=O)CCCCBr)c1.O=C(O)CCCCBr.Oc1cc(O)cc(O)c1. The van der Waals surface area contributed by atoms with E-state index in [2.05, 4.69) is 63.7 Å². The van der Waals surface area contributed by atoms with Crippen LogP contribution in [0.3, 0.4) is 0 Å². The summed E-state index contributed by atoms with van der Waals surface area (Å²) >= 11 is 13.2. The lowest BCUT2D eigenvalue weighted by Gasteiger charge is -2.11. The molecule has 2 aromatic rings. The molecule has 15 heteroatoms. The van der Waals surface area contributed by atoms with Crippen molar-refractivity contribution in [3.8, 4) is 34.5 Å². The van der Waals surface area contributed by atoms with Gasteiger partial charge in [-0.15, -0.1) is 0 Å². The Morgan fingerprint density at radius 1 is 0.447 bits per heavy atom. The van der Waals surface area contributed by atoms with Crippen LogP contribution in [0.4, 0.5) is 0 Å². The Morgan fingerprint density at radius 2 is 0.702 bits per heavy atom. The van der Waals surface area contributed by atoms with Crippen molar-refractivity contribution < 1.29 is 53.8 Å². The number of phenols is 3. The number of esters is 3. The predicted octanol–water partition coefficient (Wildman–Crippen LogP) is 8.54. The van der Waals surface area contributed by atoms with Gasteiger partial charge in [0.15, 0.2) is 0 Å². The van der Waals surface area contributed by atoms with Gasteiger partial charge in [0.1, 0.15) is 34.5 Å². The van der Waals surface area contributed by atoms with Gasteiger partial charge >= 0.3 is 23.9 Å². The Morgan fingerprint density at radius 3 is 0.936 bits per heavy atom. The molecule has 0 saturated heterocycles. The zero-order chi connectivity index (χ0) is 35.5. The fourth-order valence-corrected chi connectivity index (χ4v) is 4.90. The van der Waals surface area contributed by atoms with E-state index in [1.54, 1.807) is 0 Å². The molecule has 0 atom stereocenters. The largest absolute Gasteiger partial charge is 0.508 e. The number of carbonyl (C=O) groups excluding carboxylic acids is 3. The number of ether oxygens (including phenoxy) is 3. The standard InChI is InChI=1S/C21H27Br3O6.C6H6O3.C5H9BrO2/c22-10-4-1-7-19(25)28-16-13-17(29-20(26)8-2-5-11-23)15-18(14-16)30-21(27)9-3-6-12-24;7-4-1-5(8)3-6(9)2-4;6-4-2-1-3-5(7)8/h13-15H,1-12H2;1-3,7-9H;1-4H2,(H,7,8). The van der Waals surface area contributed by atoms with Crippen molar-refractivity contribution in [2.75, 3.05) is 21.3 Å². The fraction of sp³-hybridized carbons (Fsp3) is 0.500. The van der Waals surface area contributed by atoms with Crippen LogP contribution in [0.2, 0.25) is 0 Å². The minimum atomic E-state index is -0.703. The number of aliphatic carboxylic acids is 1. The molecule has 0 amide bonds. The van der Waals surface area contributed by atoms with Gasteiger partial charge in [0.2, 0.25) is 0 Å². The van der Waals surface area contributed by atoms with E-state index in [0.29, 0.717) is 25.7 Å². The van der Waals surface area contributed by atoms with Crippen LogP contribution in [-0.4, -0.2) is 65.6 Å². The molecular formula is C32H42Br4O11. The van der Waals surface area contributed by atoms with Crippen molar-refractivity contribution in [2.45, 2.75) is 77.0 Å². The number of benzene rings is 2. The number of hydrogen-bond acceptors (Lipinski definition) is 10.